The third-order valence-corrected chi connectivity index (χ3v) is 6.24. The number of rotatable bonds is 4. The summed E-state index contributed by atoms with van der Waals surface area (Å²) in [6.07, 6.45) is 6.13. The molecule has 0 unspecified atom stereocenters. The maximum Gasteiger partial charge on any atom is 0.315 e. The Hall–Kier alpha value is -0.830. The molecule has 0 spiro atoms. The molecule has 2 N–H and O–H groups in total. The lowest BCUT2D eigenvalue weighted by atomic mass is 9.59. The number of hydrogen-bond acceptors (Lipinski definition) is 2. The van der Waals surface area contributed by atoms with Crippen LogP contribution < -0.4 is 5.32 Å². The van der Waals surface area contributed by atoms with E-state index in [1.54, 1.807) is 11.1 Å². The highest BCUT2D eigenvalue weighted by Gasteiger charge is 2.53. The van der Waals surface area contributed by atoms with Gasteiger partial charge in [-0.2, -0.15) is 0 Å². The molecule has 3 rings (SSSR count). The molecule has 2 aliphatic carbocycles. The summed E-state index contributed by atoms with van der Waals surface area (Å²) in [6.45, 7) is 11.2. The first-order chi connectivity index (χ1) is 10.4. The van der Waals surface area contributed by atoms with E-state index >= 15 is 0 Å². The Balaban J connectivity index is 1.74. The van der Waals surface area contributed by atoms with Crippen LogP contribution in [-0.2, 0) is 9.53 Å². The van der Waals surface area contributed by atoms with Gasteiger partial charge in [-0.25, -0.2) is 0 Å². The smallest absolute Gasteiger partial charge is 0.315 e. The van der Waals surface area contributed by atoms with Crippen LogP contribution in [0.25, 0.3) is 0 Å². The molecule has 3 aliphatic rings. The molecule has 4 atom stereocenters. The number of carbonyl (C=O) groups excluding carboxylic acids is 1. The van der Waals surface area contributed by atoms with E-state index in [2.05, 4.69) is 33.0 Å². The minimum atomic E-state index is 0.0653. The van der Waals surface area contributed by atoms with Crippen molar-refractivity contribution in [1.82, 2.24) is 0 Å². The first-order valence-electron chi connectivity index (χ1n) is 9.12. The highest BCUT2D eigenvalue weighted by molar-refractivity contribution is 5.75. The van der Waals surface area contributed by atoms with Gasteiger partial charge < -0.3 is 10.1 Å². The predicted octanol–water partition coefficient (Wildman–Crippen LogP) is 2.66. The van der Waals surface area contributed by atoms with E-state index in [1.807, 2.05) is 0 Å². The largest absolute Gasteiger partial charge is 0.462 e. The summed E-state index contributed by atoms with van der Waals surface area (Å²) < 4.78 is 5.80. The molecule has 1 heterocycles. The number of esters is 1. The van der Waals surface area contributed by atoms with Gasteiger partial charge in [-0.3, -0.25) is 4.79 Å². The minimum Gasteiger partial charge on any atom is -0.462 e. The van der Waals surface area contributed by atoms with Gasteiger partial charge in [-0.05, 0) is 44.4 Å². The number of fused-ring (bicyclic) bond motifs is 2. The average Bonchev–Trinajstić information content (AvgIpc) is 2.71. The van der Waals surface area contributed by atoms with Crippen LogP contribution in [0.5, 0.6) is 0 Å². The summed E-state index contributed by atoms with van der Waals surface area (Å²) in [5, 5.41) is 2.31. The van der Waals surface area contributed by atoms with Gasteiger partial charge in [0.1, 0.15) is 12.0 Å². The van der Waals surface area contributed by atoms with Crippen molar-refractivity contribution in [3.63, 3.8) is 0 Å². The summed E-state index contributed by atoms with van der Waals surface area (Å²) in [5.41, 5.74) is 3.55. The van der Waals surface area contributed by atoms with Crippen LogP contribution in [0.15, 0.2) is 11.1 Å². The predicted molar refractivity (Wildman–Crippen MR) is 87.2 cm³/mol. The van der Waals surface area contributed by atoms with Crippen molar-refractivity contribution >= 4 is 5.97 Å². The zero-order valence-corrected chi connectivity index (χ0v) is 14.7. The fourth-order valence-corrected chi connectivity index (χ4v) is 4.99. The first kappa shape index (κ1) is 16.0. The third kappa shape index (κ3) is 2.84. The van der Waals surface area contributed by atoms with Gasteiger partial charge in [0.25, 0.3) is 0 Å². The van der Waals surface area contributed by atoms with Crippen molar-refractivity contribution in [2.75, 3.05) is 13.1 Å². The first-order valence-corrected chi connectivity index (χ1v) is 9.12. The Labute approximate surface area is 134 Å². The van der Waals surface area contributed by atoms with Crippen molar-refractivity contribution in [1.29, 1.82) is 0 Å². The molecule has 0 aromatic rings. The van der Waals surface area contributed by atoms with Gasteiger partial charge in [0, 0.05) is 11.8 Å². The Morgan fingerprint density at radius 3 is 2.91 bits per heavy atom. The highest BCUT2D eigenvalue weighted by Crippen LogP contribution is 2.54. The Kier molecular flexibility index (Phi) is 4.37. The van der Waals surface area contributed by atoms with E-state index in [0.717, 1.165) is 25.9 Å². The van der Waals surface area contributed by atoms with Gasteiger partial charge in [-0.1, -0.05) is 31.9 Å². The van der Waals surface area contributed by atoms with Crippen LogP contribution in [0.1, 0.15) is 59.8 Å². The van der Waals surface area contributed by atoms with E-state index in [4.69, 9.17) is 4.74 Å². The molecule has 22 heavy (non-hydrogen) atoms. The fraction of sp³-hybridized carbons (Fsp3) is 0.842. The van der Waals surface area contributed by atoms with E-state index in [9.17, 15) is 4.79 Å². The van der Waals surface area contributed by atoms with Crippen molar-refractivity contribution in [2.45, 2.75) is 65.9 Å². The van der Waals surface area contributed by atoms with Gasteiger partial charge >= 0.3 is 5.97 Å². The summed E-state index contributed by atoms with van der Waals surface area (Å²) in [5.74, 6) is 1.27. The summed E-state index contributed by atoms with van der Waals surface area (Å²) in [7, 11) is 0. The molecule has 0 amide bonds. The van der Waals surface area contributed by atoms with Gasteiger partial charge in [0.05, 0.1) is 13.1 Å². The zero-order chi connectivity index (χ0) is 15.9. The molecule has 3 nitrogen and oxygen atoms in total. The van der Waals surface area contributed by atoms with Crippen molar-refractivity contribution in [2.24, 2.45) is 23.2 Å². The topological polar surface area (TPSA) is 42.9 Å². The number of hydrogen-bond donors (Lipinski definition) is 1. The van der Waals surface area contributed by atoms with Gasteiger partial charge in [0.2, 0.25) is 0 Å². The molecular weight excluding hydrogens is 274 g/mol. The van der Waals surface area contributed by atoms with Crippen LogP contribution in [0.4, 0.5) is 0 Å². The standard InChI is InChI=1S/C19H31NO2/c1-12(2)10-20-11-15-14-8-16-13(3)6-5-7-19(16,4)9-17(14)22-18(15)21/h12,14-15,17,20H,5-11H2,1-4H3/p+1/t14-,15-,17-,19-/m1/s1. The fourth-order valence-electron chi connectivity index (χ4n) is 4.99. The Bertz CT molecular complexity index is 482. The van der Waals surface area contributed by atoms with Crippen LogP contribution >= 0.6 is 0 Å². The van der Waals surface area contributed by atoms with E-state index < -0.39 is 0 Å². The zero-order valence-electron chi connectivity index (χ0n) is 14.7. The second-order valence-electron chi connectivity index (χ2n) is 8.48. The Morgan fingerprint density at radius 2 is 2.18 bits per heavy atom. The quantitative estimate of drug-likeness (QED) is 0.641. The number of nitrogens with two attached hydrogens (primary N) is 1. The number of allylic oxidation sites excluding steroid dienone is 2. The van der Waals surface area contributed by atoms with E-state index in [0.29, 0.717) is 17.3 Å². The lowest BCUT2D eigenvalue weighted by Gasteiger charge is -2.45. The van der Waals surface area contributed by atoms with Gasteiger partial charge in [-0.15, -0.1) is 0 Å². The molecule has 0 bridgehead atoms. The van der Waals surface area contributed by atoms with Crippen LogP contribution in [0.2, 0.25) is 0 Å². The van der Waals surface area contributed by atoms with Crippen molar-refractivity contribution in [3.05, 3.63) is 11.1 Å². The summed E-state index contributed by atoms with van der Waals surface area (Å²) in [6, 6.07) is 0. The monoisotopic (exact) mass is 306 g/mol. The number of ether oxygens (including phenoxy) is 1. The molecule has 1 saturated heterocycles. The van der Waals surface area contributed by atoms with E-state index in [1.165, 1.54) is 19.3 Å². The van der Waals surface area contributed by atoms with Gasteiger partial charge in [0.15, 0.2) is 0 Å². The van der Waals surface area contributed by atoms with E-state index in [-0.39, 0.29) is 18.0 Å². The summed E-state index contributed by atoms with van der Waals surface area (Å²) in [4.78, 5) is 12.3. The minimum absolute atomic E-state index is 0.0653. The molecule has 0 aromatic carbocycles. The lowest BCUT2D eigenvalue weighted by Crippen LogP contribution is -2.87. The maximum absolute atomic E-state index is 12.3. The Morgan fingerprint density at radius 1 is 1.41 bits per heavy atom. The molecule has 124 valence electrons. The lowest BCUT2D eigenvalue weighted by molar-refractivity contribution is -0.664. The number of quaternary nitrogens is 1. The second kappa shape index (κ2) is 5.99. The molecule has 2 fully saturated rings. The molecule has 1 saturated carbocycles. The van der Waals surface area contributed by atoms with Crippen LogP contribution in [0, 0.1) is 23.2 Å². The normalized spacial score (nSPS) is 38.0. The van der Waals surface area contributed by atoms with Crippen molar-refractivity contribution in [3.8, 4) is 0 Å². The van der Waals surface area contributed by atoms with Crippen LogP contribution in [-0.4, -0.2) is 25.2 Å². The average molecular weight is 306 g/mol. The molecule has 3 heteroatoms. The van der Waals surface area contributed by atoms with Crippen LogP contribution in [0.3, 0.4) is 0 Å². The summed E-state index contributed by atoms with van der Waals surface area (Å²) >= 11 is 0. The third-order valence-electron chi connectivity index (χ3n) is 6.24. The highest BCUT2D eigenvalue weighted by atomic mass is 16.6. The second-order valence-corrected chi connectivity index (χ2v) is 8.48. The maximum atomic E-state index is 12.3. The molecule has 1 aliphatic heterocycles. The molecule has 0 radical (unpaired) electrons. The number of carbonyl (C=O) groups is 1. The SMILES string of the molecule is CC1=C2C[C@H]3[C@@H](C[C@@]2(C)CCC1)OC(=O)[C@@H]3C[NH2+]CC(C)C. The molecular formula is C19H32NO2+. The van der Waals surface area contributed by atoms with Crippen molar-refractivity contribution < 1.29 is 14.8 Å². The molecule has 0 aromatic heterocycles.